The number of hydrogen-bond donors (Lipinski definition) is 2. The first-order chi connectivity index (χ1) is 8.20. The maximum atomic E-state index is 11.8. The highest BCUT2D eigenvalue weighted by molar-refractivity contribution is 7.89. The van der Waals surface area contributed by atoms with Gasteiger partial charge in [-0.05, 0) is 23.5 Å². The summed E-state index contributed by atoms with van der Waals surface area (Å²) in [6, 6.07) is 7.25. The molecule has 0 spiro atoms. The van der Waals surface area contributed by atoms with Crippen LogP contribution in [0.15, 0.2) is 24.3 Å². The molecule has 1 aromatic carbocycles. The van der Waals surface area contributed by atoms with E-state index in [1.54, 1.807) is 6.07 Å². The molecule has 5 heteroatoms. The van der Waals surface area contributed by atoms with Crippen molar-refractivity contribution in [2.45, 2.75) is 33.7 Å². The van der Waals surface area contributed by atoms with Crippen LogP contribution in [-0.4, -0.2) is 14.2 Å². The van der Waals surface area contributed by atoms with Gasteiger partial charge >= 0.3 is 0 Å². The van der Waals surface area contributed by atoms with Crippen molar-refractivity contribution < 1.29 is 8.42 Å². The lowest BCUT2D eigenvalue weighted by Gasteiger charge is -2.18. The molecule has 1 aromatic rings. The molecule has 0 bridgehead atoms. The van der Waals surface area contributed by atoms with Gasteiger partial charge in [0, 0.05) is 12.2 Å². The summed E-state index contributed by atoms with van der Waals surface area (Å²) in [5.41, 5.74) is 7.18. The number of nitrogens with two attached hydrogens (primary N) is 1. The maximum Gasteiger partial charge on any atom is 0.211 e. The SMILES string of the molecule is CC(C)(C)CCS(=O)(=O)NCc1ccccc1N. The monoisotopic (exact) mass is 270 g/mol. The maximum absolute atomic E-state index is 11.8. The van der Waals surface area contributed by atoms with Crippen molar-refractivity contribution in [2.24, 2.45) is 5.41 Å². The van der Waals surface area contributed by atoms with Crippen molar-refractivity contribution in [2.75, 3.05) is 11.5 Å². The van der Waals surface area contributed by atoms with Crippen LogP contribution < -0.4 is 10.5 Å². The Morgan fingerprint density at radius 3 is 2.39 bits per heavy atom. The molecule has 0 saturated carbocycles. The van der Waals surface area contributed by atoms with Crippen LogP contribution >= 0.6 is 0 Å². The number of benzene rings is 1. The fourth-order valence-corrected chi connectivity index (χ4v) is 2.80. The van der Waals surface area contributed by atoms with Crippen molar-refractivity contribution in [3.63, 3.8) is 0 Å². The van der Waals surface area contributed by atoms with Gasteiger partial charge in [0.1, 0.15) is 0 Å². The van der Waals surface area contributed by atoms with Crippen LogP contribution in [0.25, 0.3) is 0 Å². The molecule has 0 aliphatic heterocycles. The highest BCUT2D eigenvalue weighted by Crippen LogP contribution is 2.19. The quantitative estimate of drug-likeness (QED) is 0.805. The molecule has 0 radical (unpaired) electrons. The third-order valence-corrected chi connectivity index (χ3v) is 3.98. The summed E-state index contributed by atoms with van der Waals surface area (Å²) in [7, 11) is -3.24. The number of anilines is 1. The Morgan fingerprint density at radius 2 is 1.83 bits per heavy atom. The van der Waals surface area contributed by atoms with Crippen molar-refractivity contribution in [1.82, 2.24) is 4.72 Å². The van der Waals surface area contributed by atoms with Gasteiger partial charge in [-0.1, -0.05) is 39.0 Å². The topological polar surface area (TPSA) is 72.2 Å². The minimum atomic E-state index is -3.24. The van der Waals surface area contributed by atoms with E-state index >= 15 is 0 Å². The molecule has 4 nitrogen and oxygen atoms in total. The lowest BCUT2D eigenvalue weighted by Crippen LogP contribution is -2.28. The van der Waals surface area contributed by atoms with E-state index in [-0.39, 0.29) is 17.7 Å². The van der Waals surface area contributed by atoms with E-state index < -0.39 is 10.0 Å². The normalized spacial score (nSPS) is 12.6. The summed E-state index contributed by atoms with van der Waals surface area (Å²) in [4.78, 5) is 0. The van der Waals surface area contributed by atoms with Gasteiger partial charge in [-0.2, -0.15) is 0 Å². The largest absolute Gasteiger partial charge is 0.398 e. The molecule has 0 aliphatic rings. The molecule has 18 heavy (non-hydrogen) atoms. The first-order valence-corrected chi connectivity index (χ1v) is 7.66. The number of sulfonamides is 1. The van der Waals surface area contributed by atoms with Gasteiger partial charge in [-0.3, -0.25) is 0 Å². The van der Waals surface area contributed by atoms with Crippen LogP contribution in [0.3, 0.4) is 0 Å². The van der Waals surface area contributed by atoms with E-state index in [1.165, 1.54) is 0 Å². The lowest BCUT2D eigenvalue weighted by molar-refractivity contribution is 0.396. The second-order valence-electron chi connectivity index (χ2n) is 5.65. The van der Waals surface area contributed by atoms with Gasteiger partial charge in [0.25, 0.3) is 0 Å². The van der Waals surface area contributed by atoms with Crippen LogP contribution in [0.5, 0.6) is 0 Å². The molecule has 1 rings (SSSR count). The summed E-state index contributed by atoms with van der Waals surface area (Å²) < 4.78 is 26.2. The molecule has 3 N–H and O–H groups in total. The average Bonchev–Trinajstić information content (AvgIpc) is 2.25. The second kappa shape index (κ2) is 5.71. The first kappa shape index (κ1) is 15.0. The molecular formula is C13H22N2O2S. The molecule has 0 saturated heterocycles. The summed E-state index contributed by atoms with van der Waals surface area (Å²) in [5.74, 6) is 0.142. The molecule has 0 aromatic heterocycles. The van der Waals surface area contributed by atoms with E-state index in [0.29, 0.717) is 12.1 Å². The van der Waals surface area contributed by atoms with Crippen molar-refractivity contribution in [3.05, 3.63) is 29.8 Å². The molecule has 0 heterocycles. The van der Waals surface area contributed by atoms with Crippen LogP contribution in [-0.2, 0) is 16.6 Å². The van der Waals surface area contributed by atoms with Crippen LogP contribution in [0.1, 0.15) is 32.8 Å². The average molecular weight is 270 g/mol. The zero-order chi connectivity index (χ0) is 13.8. The molecule has 0 fully saturated rings. The highest BCUT2D eigenvalue weighted by Gasteiger charge is 2.17. The summed E-state index contributed by atoms with van der Waals surface area (Å²) >= 11 is 0. The van der Waals surface area contributed by atoms with Gasteiger partial charge in [-0.25, -0.2) is 13.1 Å². The van der Waals surface area contributed by atoms with Crippen LogP contribution in [0.4, 0.5) is 5.69 Å². The minimum absolute atomic E-state index is 0.0144. The standard InChI is InChI=1S/C13H22N2O2S/c1-13(2,3)8-9-18(16,17)15-10-11-6-4-5-7-12(11)14/h4-7,15H,8-10,14H2,1-3H3. The van der Waals surface area contributed by atoms with E-state index in [9.17, 15) is 8.42 Å². The molecule has 0 unspecified atom stereocenters. The van der Waals surface area contributed by atoms with Gasteiger partial charge < -0.3 is 5.73 Å². The van der Waals surface area contributed by atoms with Gasteiger partial charge in [0.2, 0.25) is 10.0 Å². The van der Waals surface area contributed by atoms with Crippen molar-refractivity contribution in [3.8, 4) is 0 Å². The zero-order valence-electron chi connectivity index (χ0n) is 11.2. The Labute approximate surface area is 110 Å². The van der Waals surface area contributed by atoms with Crippen molar-refractivity contribution in [1.29, 1.82) is 0 Å². The zero-order valence-corrected chi connectivity index (χ0v) is 12.0. The fraction of sp³-hybridized carbons (Fsp3) is 0.538. The summed E-state index contributed by atoms with van der Waals surface area (Å²) in [5, 5.41) is 0. The second-order valence-corrected chi connectivity index (χ2v) is 7.58. The Hall–Kier alpha value is -1.07. The van der Waals surface area contributed by atoms with E-state index in [4.69, 9.17) is 5.73 Å². The fourth-order valence-electron chi connectivity index (χ4n) is 1.40. The van der Waals surface area contributed by atoms with E-state index in [2.05, 4.69) is 4.72 Å². The lowest BCUT2D eigenvalue weighted by atomic mass is 9.94. The van der Waals surface area contributed by atoms with Gasteiger partial charge in [-0.15, -0.1) is 0 Å². The number of nitrogens with one attached hydrogen (secondary N) is 1. The predicted molar refractivity (Wildman–Crippen MR) is 75.6 cm³/mol. The Morgan fingerprint density at radius 1 is 1.22 bits per heavy atom. The highest BCUT2D eigenvalue weighted by atomic mass is 32.2. The van der Waals surface area contributed by atoms with Gasteiger partial charge in [0.05, 0.1) is 5.75 Å². The minimum Gasteiger partial charge on any atom is -0.398 e. The predicted octanol–water partition coefficient (Wildman–Crippen LogP) is 2.12. The molecular weight excluding hydrogens is 248 g/mol. The van der Waals surface area contributed by atoms with Crippen molar-refractivity contribution >= 4 is 15.7 Å². The molecule has 0 aliphatic carbocycles. The molecule has 0 amide bonds. The number of nitrogen functional groups attached to an aromatic ring is 1. The Kier molecular flexibility index (Phi) is 4.76. The van der Waals surface area contributed by atoms with Crippen LogP contribution in [0.2, 0.25) is 0 Å². The smallest absolute Gasteiger partial charge is 0.211 e. The Bertz CT molecular complexity index is 490. The van der Waals surface area contributed by atoms with E-state index in [0.717, 1.165) is 5.56 Å². The van der Waals surface area contributed by atoms with Gasteiger partial charge in [0.15, 0.2) is 0 Å². The third kappa shape index (κ3) is 5.51. The summed E-state index contributed by atoms with van der Waals surface area (Å²) in [6.45, 7) is 6.33. The first-order valence-electron chi connectivity index (χ1n) is 6.00. The number of para-hydroxylation sites is 1. The van der Waals surface area contributed by atoms with Crippen LogP contribution in [0, 0.1) is 5.41 Å². The van der Waals surface area contributed by atoms with E-state index in [1.807, 2.05) is 39.0 Å². The Balaban J connectivity index is 2.55. The summed E-state index contributed by atoms with van der Waals surface area (Å²) in [6.07, 6.45) is 0.632. The third-order valence-electron chi connectivity index (χ3n) is 2.66. The number of rotatable bonds is 5. The number of hydrogen-bond acceptors (Lipinski definition) is 3. The molecule has 0 atom stereocenters. The molecule has 102 valence electrons.